The molecule has 36 heavy (non-hydrogen) atoms. The molecule has 0 radical (unpaired) electrons. The number of nitrogens with one attached hydrogen (secondary N) is 1. The predicted octanol–water partition coefficient (Wildman–Crippen LogP) is 3.47. The van der Waals surface area contributed by atoms with Crippen LogP contribution in [0.5, 0.6) is 0 Å². The van der Waals surface area contributed by atoms with Gasteiger partial charge in [-0.05, 0) is 49.6 Å². The van der Waals surface area contributed by atoms with Crippen molar-refractivity contribution in [1.29, 1.82) is 0 Å². The lowest BCUT2D eigenvalue weighted by Crippen LogP contribution is -2.53. The van der Waals surface area contributed by atoms with Crippen LogP contribution in [-0.2, 0) is 26.3 Å². The predicted molar refractivity (Wildman–Crippen MR) is 140 cm³/mol. The maximum atomic E-state index is 13.7. The summed E-state index contributed by atoms with van der Waals surface area (Å²) in [4.78, 5) is 28.2. The summed E-state index contributed by atoms with van der Waals surface area (Å²) in [5.74, 6) is -1.35. The number of benzene rings is 2. The van der Waals surface area contributed by atoms with Crippen LogP contribution in [0.2, 0.25) is 0 Å². The molecule has 2 aromatic carbocycles. The normalized spacial score (nSPS) is 12.3. The fourth-order valence-electron chi connectivity index (χ4n) is 3.64. The smallest absolute Gasteiger partial charge is 0.304 e. The van der Waals surface area contributed by atoms with Crippen molar-refractivity contribution in [3.8, 4) is 0 Å². The lowest BCUT2D eigenvalue weighted by atomic mass is 10.1. The molecule has 0 saturated heterocycles. The van der Waals surface area contributed by atoms with Gasteiger partial charge >= 0.3 is 10.2 Å². The minimum absolute atomic E-state index is 0.137. The number of rotatable bonds is 13. The van der Waals surface area contributed by atoms with Gasteiger partial charge in [0.15, 0.2) is 0 Å². The Morgan fingerprint density at radius 2 is 1.61 bits per heavy atom. The number of aryl methyl sites for hydroxylation is 1. The Kier molecular flexibility index (Phi) is 10.9. The lowest BCUT2D eigenvalue weighted by Gasteiger charge is -2.34. The van der Waals surface area contributed by atoms with Gasteiger partial charge in [-0.3, -0.25) is 9.59 Å². The number of nitrogens with zero attached hydrogens (tertiary/aromatic N) is 3. The summed E-state index contributed by atoms with van der Waals surface area (Å²) in [5.41, 5.74) is 2.02. The molecule has 1 N–H and O–H groups in total. The Bertz CT molecular complexity index is 1110. The molecule has 8 nitrogen and oxygen atoms in total. The fourth-order valence-corrected chi connectivity index (χ4v) is 4.70. The lowest BCUT2D eigenvalue weighted by molar-refractivity contribution is -0.140. The van der Waals surface area contributed by atoms with Gasteiger partial charge in [0.25, 0.3) is 0 Å². The minimum Gasteiger partial charge on any atom is -0.354 e. The Balaban J connectivity index is 2.45. The molecule has 2 amide bonds. The van der Waals surface area contributed by atoms with E-state index in [2.05, 4.69) is 5.32 Å². The van der Waals surface area contributed by atoms with Crippen molar-refractivity contribution in [3.05, 3.63) is 65.5 Å². The second-order valence-corrected chi connectivity index (χ2v) is 10.9. The van der Waals surface area contributed by atoms with E-state index in [9.17, 15) is 22.4 Å². The Hall–Kier alpha value is -2.98. The van der Waals surface area contributed by atoms with Crippen LogP contribution in [0.3, 0.4) is 0 Å². The number of anilines is 1. The van der Waals surface area contributed by atoms with Crippen molar-refractivity contribution < 1.29 is 22.4 Å². The number of hydrogen-bond acceptors (Lipinski definition) is 4. The van der Waals surface area contributed by atoms with Gasteiger partial charge in [0, 0.05) is 27.2 Å². The Morgan fingerprint density at radius 1 is 1.00 bits per heavy atom. The zero-order valence-electron chi connectivity index (χ0n) is 21.7. The van der Waals surface area contributed by atoms with E-state index in [0.29, 0.717) is 13.0 Å². The first-order chi connectivity index (χ1) is 17.0. The number of halogens is 1. The molecular weight excluding hydrogens is 483 g/mol. The first-order valence-corrected chi connectivity index (χ1v) is 13.5. The molecule has 0 aromatic heterocycles. The average Bonchev–Trinajstić information content (AvgIpc) is 2.84. The molecule has 0 spiro atoms. The van der Waals surface area contributed by atoms with Crippen molar-refractivity contribution in [2.45, 2.75) is 52.6 Å². The number of hydrogen-bond donors (Lipinski definition) is 1. The third kappa shape index (κ3) is 7.76. The molecular formula is C26H37FN4O4S. The maximum Gasteiger partial charge on any atom is 0.304 e. The molecule has 2 aromatic rings. The average molecular weight is 521 g/mol. The summed E-state index contributed by atoms with van der Waals surface area (Å²) in [6, 6.07) is 11.7. The van der Waals surface area contributed by atoms with E-state index in [1.165, 1.54) is 31.1 Å². The van der Waals surface area contributed by atoms with Gasteiger partial charge in [-0.15, -0.1) is 0 Å². The quantitative estimate of drug-likeness (QED) is 0.410. The van der Waals surface area contributed by atoms with E-state index in [-0.39, 0.29) is 18.1 Å². The summed E-state index contributed by atoms with van der Waals surface area (Å²) >= 11 is 0. The first-order valence-electron chi connectivity index (χ1n) is 12.1. The first kappa shape index (κ1) is 29.3. The molecule has 1 atom stereocenters. The molecule has 1 unspecified atom stereocenters. The fraction of sp³-hybridized carbons (Fsp3) is 0.462. The third-order valence-corrected chi connectivity index (χ3v) is 7.64. The Labute approximate surface area is 214 Å². The zero-order chi connectivity index (χ0) is 26.9. The van der Waals surface area contributed by atoms with E-state index in [1.54, 1.807) is 0 Å². The largest absolute Gasteiger partial charge is 0.354 e. The molecule has 0 bridgehead atoms. The third-order valence-electron chi connectivity index (χ3n) is 5.82. The molecule has 10 heteroatoms. The van der Waals surface area contributed by atoms with Crippen LogP contribution >= 0.6 is 0 Å². The van der Waals surface area contributed by atoms with E-state index in [1.807, 2.05) is 45.0 Å². The van der Waals surface area contributed by atoms with E-state index < -0.39 is 34.5 Å². The summed E-state index contributed by atoms with van der Waals surface area (Å²) in [7, 11) is -1.37. The standard InChI is InChI=1S/C26H37FN4O4S/c1-6-8-17-28-26(33)24(7-2)30(18-21-11-9-20(3)10-12-21)25(32)19-31(36(34,35)29(4)5)23-15-13-22(27)14-16-23/h9-16,24H,6-8,17-19H2,1-5H3,(H,28,33). The number of carbonyl (C=O) groups excluding carboxylic acids is 2. The summed E-state index contributed by atoms with van der Waals surface area (Å²) in [6.07, 6.45) is 2.08. The van der Waals surface area contributed by atoms with Crippen molar-refractivity contribution in [1.82, 2.24) is 14.5 Å². The van der Waals surface area contributed by atoms with Crippen molar-refractivity contribution in [3.63, 3.8) is 0 Å². The molecule has 0 aliphatic rings. The van der Waals surface area contributed by atoms with Crippen molar-refractivity contribution in [2.75, 3.05) is 31.5 Å². The van der Waals surface area contributed by atoms with Crippen LogP contribution in [0.1, 0.15) is 44.2 Å². The molecule has 2 rings (SSSR count). The van der Waals surface area contributed by atoms with Crippen LogP contribution in [0.15, 0.2) is 48.5 Å². The second-order valence-electron chi connectivity index (χ2n) is 8.85. The number of carbonyl (C=O) groups is 2. The van der Waals surface area contributed by atoms with Crippen LogP contribution in [0, 0.1) is 12.7 Å². The van der Waals surface area contributed by atoms with Crippen molar-refractivity contribution >= 4 is 27.7 Å². The second kappa shape index (κ2) is 13.4. The molecule has 198 valence electrons. The van der Waals surface area contributed by atoms with Gasteiger partial charge < -0.3 is 10.2 Å². The van der Waals surface area contributed by atoms with Gasteiger partial charge in [0.1, 0.15) is 18.4 Å². The van der Waals surface area contributed by atoms with E-state index in [0.717, 1.165) is 44.7 Å². The van der Waals surface area contributed by atoms with Crippen LogP contribution < -0.4 is 9.62 Å². The zero-order valence-corrected chi connectivity index (χ0v) is 22.5. The molecule has 0 heterocycles. The van der Waals surface area contributed by atoms with Gasteiger partial charge in [-0.25, -0.2) is 8.70 Å². The SMILES string of the molecule is CCCCNC(=O)C(CC)N(Cc1ccc(C)cc1)C(=O)CN(c1ccc(F)cc1)S(=O)(=O)N(C)C. The highest BCUT2D eigenvalue weighted by Crippen LogP contribution is 2.22. The minimum atomic E-state index is -4.09. The monoisotopic (exact) mass is 520 g/mol. The Morgan fingerprint density at radius 3 is 2.14 bits per heavy atom. The number of unbranched alkanes of at least 4 members (excludes halogenated alkanes) is 1. The highest BCUT2D eigenvalue weighted by atomic mass is 32.2. The van der Waals surface area contributed by atoms with Gasteiger partial charge in [0.05, 0.1) is 5.69 Å². The highest BCUT2D eigenvalue weighted by molar-refractivity contribution is 7.90. The summed E-state index contributed by atoms with van der Waals surface area (Å²) in [6.45, 7) is 5.87. The summed E-state index contributed by atoms with van der Waals surface area (Å²) < 4.78 is 41.7. The molecule has 0 aliphatic heterocycles. The van der Waals surface area contributed by atoms with E-state index in [4.69, 9.17) is 0 Å². The highest BCUT2D eigenvalue weighted by Gasteiger charge is 2.33. The van der Waals surface area contributed by atoms with E-state index >= 15 is 0 Å². The van der Waals surface area contributed by atoms with Crippen LogP contribution in [0.4, 0.5) is 10.1 Å². The van der Waals surface area contributed by atoms with Gasteiger partial charge in [0.2, 0.25) is 11.8 Å². The molecule has 0 aliphatic carbocycles. The van der Waals surface area contributed by atoms with Crippen molar-refractivity contribution in [2.24, 2.45) is 0 Å². The molecule has 0 fully saturated rings. The summed E-state index contributed by atoms with van der Waals surface area (Å²) in [5, 5.41) is 2.89. The number of amides is 2. The van der Waals surface area contributed by atoms with Crippen LogP contribution in [-0.4, -0.2) is 62.7 Å². The van der Waals surface area contributed by atoms with Gasteiger partial charge in [-0.2, -0.15) is 12.7 Å². The van der Waals surface area contributed by atoms with Crippen LogP contribution in [0.25, 0.3) is 0 Å². The molecule has 0 saturated carbocycles. The van der Waals surface area contributed by atoms with Gasteiger partial charge in [-0.1, -0.05) is 50.1 Å². The topological polar surface area (TPSA) is 90.0 Å². The maximum absolute atomic E-state index is 13.7.